The van der Waals surface area contributed by atoms with Gasteiger partial charge in [-0.2, -0.15) is 18.2 Å². The summed E-state index contributed by atoms with van der Waals surface area (Å²) in [5.74, 6) is -0.125. The molecule has 0 unspecified atom stereocenters. The van der Waals surface area contributed by atoms with Crippen LogP contribution in [0.25, 0.3) is 0 Å². The standard InChI is InChI=1S/C22H20F4N4O3/c1-13-7-8-30-20(29(13)2)10-19(28-21(30)31)32-12-14-3-5-17(16(23)9-14)33-15-4-6-18(27-11-15)22(24,25)26/h3-6,9-11,13H,7-8,12H2,1-2H3/t13-/m1/s1. The van der Waals surface area contributed by atoms with Gasteiger partial charge in [-0.3, -0.25) is 4.57 Å². The van der Waals surface area contributed by atoms with Gasteiger partial charge in [0.25, 0.3) is 0 Å². The van der Waals surface area contributed by atoms with Crippen molar-refractivity contribution in [3.63, 3.8) is 0 Å². The number of pyridine rings is 1. The quantitative estimate of drug-likeness (QED) is 0.522. The Morgan fingerprint density at radius 3 is 2.64 bits per heavy atom. The van der Waals surface area contributed by atoms with Crippen LogP contribution in [0.3, 0.4) is 0 Å². The van der Waals surface area contributed by atoms with Crippen molar-refractivity contribution < 1.29 is 27.0 Å². The fourth-order valence-corrected chi connectivity index (χ4v) is 3.39. The molecule has 33 heavy (non-hydrogen) atoms. The Morgan fingerprint density at radius 2 is 1.97 bits per heavy atom. The van der Waals surface area contributed by atoms with Crippen LogP contribution in [0.1, 0.15) is 24.6 Å². The molecular weight excluding hydrogens is 444 g/mol. The first-order chi connectivity index (χ1) is 15.6. The van der Waals surface area contributed by atoms with Gasteiger partial charge in [-0.1, -0.05) is 6.07 Å². The number of hydrogen-bond acceptors (Lipinski definition) is 6. The van der Waals surface area contributed by atoms with Crippen LogP contribution in [0.4, 0.5) is 23.4 Å². The number of fused-ring (bicyclic) bond motifs is 1. The average molecular weight is 464 g/mol. The van der Waals surface area contributed by atoms with E-state index in [0.29, 0.717) is 17.9 Å². The van der Waals surface area contributed by atoms with E-state index in [1.54, 1.807) is 10.6 Å². The molecular formula is C22H20F4N4O3. The van der Waals surface area contributed by atoms with Crippen molar-refractivity contribution >= 4 is 5.82 Å². The minimum absolute atomic E-state index is 0.0389. The molecule has 3 aromatic rings. The van der Waals surface area contributed by atoms with E-state index in [-0.39, 0.29) is 30.0 Å². The summed E-state index contributed by atoms with van der Waals surface area (Å²) in [6, 6.07) is 7.79. The Hall–Kier alpha value is -3.63. The molecule has 1 aliphatic rings. The Morgan fingerprint density at radius 1 is 1.18 bits per heavy atom. The fraction of sp³-hybridized carbons (Fsp3) is 0.318. The van der Waals surface area contributed by atoms with Crippen molar-refractivity contribution in [2.75, 3.05) is 11.9 Å². The van der Waals surface area contributed by atoms with E-state index in [9.17, 15) is 22.4 Å². The van der Waals surface area contributed by atoms with Crippen molar-refractivity contribution in [3.8, 4) is 17.4 Å². The Balaban J connectivity index is 1.44. The van der Waals surface area contributed by atoms with Crippen LogP contribution in [0.5, 0.6) is 17.4 Å². The van der Waals surface area contributed by atoms with Crippen molar-refractivity contribution in [1.82, 2.24) is 14.5 Å². The molecule has 0 N–H and O–H groups in total. The molecule has 11 heteroatoms. The van der Waals surface area contributed by atoms with E-state index < -0.39 is 23.4 Å². The minimum atomic E-state index is -4.57. The van der Waals surface area contributed by atoms with Gasteiger partial charge in [0.15, 0.2) is 11.6 Å². The second-order valence-corrected chi connectivity index (χ2v) is 7.67. The van der Waals surface area contributed by atoms with Crippen LogP contribution < -0.4 is 20.1 Å². The van der Waals surface area contributed by atoms with E-state index in [1.165, 1.54) is 18.2 Å². The summed E-state index contributed by atoms with van der Waals surface area (Å²) in [4.78, 5) is 21.5. The summed E-state index contributed by atoms with van der Waals surface area (Å²) >= 11 is 0. The molecule has 0 amide bonds. The molecule has 0 aliphatic carbocycles. The van der Waals surface area contributed by atoms with E-state index in [4.69, 9.17) is 9.47 Å². The van der Waals surface area contributed by atoms with E-state index >= 15 is 0 Å². The fourth-order valence-electron chi connectivity index (χ4n) is 3.39. The third kappa shape index (κ3) is 4.91. The molecule has 0 radical (unpaired) electrons. The average Bonchev–Trinajstić information content (AvgIpc) is 2.76. The van der Waals surface area contributed by atoms with Crippen molar-refractivity contribution in [1.29, 1.82) is 0 Å². The van der Waals surface area contributed by atoms with Crippen LogP contribution in [-0.4, -0.2) is 27.6 Å². The van der Waals surface area contributed by atoms with Gasteiger partial charge in [0.2, 0.25) is 5.88 Å². The number of alkyl halides is 3. The van der Waals surface area contributed by atoms with Gasteiger partial charge in [0.1, 0.15) is 23.9 Å². The zero-order chi connectivity index (χ0) is 23.8. The number of benzene rings is 1. The Labute approximate surface area is 186 Å². The third-order valence-electron chi connectivity index (χ3n) is 5.40. The summed E-state index contributed by atoms with van der Waals surface area (Å²) in [5.41, 5.74) is -1.04. The van der Waals surface area contributed by atoms with E-state index in [1.807, 2.05) is 11.9 Å². The maximum atomic E-state index is 14.5. The SMILES string of the molecule is C[C@@H]1CCn2c(cc(OCc3ccc(Oc4ccc(C(F)(F)F)nc4)c(F)c3)nc2=O)N1C. The van der Waals surface area contributed by atoms with E-state index in [0.717, 1.165) is 24.8 Å². The second-order valence-electron chi connectivity index (χ2n) is 7.67. The third-order valence-corrected chi connectivity index (χ3v) is 5.40. The van der Waals surface area contributed by atoms with Gasteiger partial charge >= 0.3 is 11.9 Å². The lowest BCUT2D eigenvalue weighted by molar-refractivity contribution is -0.141. The Bertz CT molecular complexity index is 1210. The van der Waals surface area contributed by atoms with Gasteiger partial charge < -0.3 is 14.4 Å². The smallest absolute Gasteiger partial charge is 0.433 e. The summed E-state index contributed by atoms with van der Waals surface area (Å²) in [6.45, 7) is 2.59. The first-order valence-corrected chi connectivity index (χ1v) is 10.1. The first kappa shape index (κ1) is 22.6. The highest BCUT2D eigenvalue weighted by Crippen LogP contribution is 2.30. The van der Waals surface area contributed by atoms with Crippen LogP contribution in [-0.2, 0) is 19.3 Å². The number of rotatable bonds is 5. The normalized spacial score (nSPS) is 15.8. The predicted molar refractivity (Wildman–Crippen MR) is 111 cm³/mol. The summed E-state index contributed by atoms with van der Waals surface area (Å²) in [6.07, 6.45) is -2.86. The minimum Gasteiger partial charge on any atom is -0.473 e. The number of aromatic nitrogens is 3. The molecule has 2 aromatic heterocycles. The van der Waals surface area contributed by atoms with Crippen LogP contribution >= 0.6 is 0 Å². The van der Waals surface area contributed by atoms with E-state index in [2.05, 4.69) is 16.9 Å². The molecule has 0 saturated heterocycles. The van der Waals surface area contributed by atoms with Gasteiger partial charge in [-0.05, 0) is 43.2 Å². The monoisotopic (exact) mass is 464 g/mol. The largest absolute Gasteiger partial charge is 0.473 e. The van der Waals surface area contributed by atoms with Gasteiger partial charge in [0.05, 0.1) is 6.20 Å². The van der Waals surface area contributed by atoms with Gasteiger partial charge in [-0.25, -0.2) is 14.2 Å². The van der Waals surface area contributed by atoms with Crippen LogP contribution in [0.2, 0.25) is 0 Å². The number of nitrogens with zero attached hydrogens (tertiary/aromatic N) is 4. The zero-order valence-electron chi connectivity index (χ0n) is 17.8. The van der Waals surface area contributed by atoms with Crippen molar-refractivity contribution in [2.24, 2.45) is 0 Å². The van der Waals surface area contributed by atoms with Crippen molar-refractivity contribution in [3.05, 3.63) is 70.2 Å². The molecule has 7 nitrogen and oxygen atoms in total. The number of halogens is 4. The van der Waals surface area contributed by atoms with Crippen LogP contribution in [0, 0.1) is 5.82 Å². The summed E-state index contributed by atoms with van der Waals surface area (Å²) in [5, 5.41) is 0. The Kier molecular flexibility index (Phi) is 5.96. The molecule has 0 bridgehead atoms. The number of hydrogen-bond donors (Lipinski definition) is 0. The maximum Gasteiger partial charge on any atom is 0.433 e. The molecule has 174 valence electrons. The molecule has 1 atom stereocenters. The molecule has 0 spiro atoms. The molecule has 0 fully saturated rings. The van der Waals surface area contributed by atoms with Crippen molar-refractivity contribution in [2.45, 2.75) is 38.7 Å². The lowest BCUT2D eigenvalue weighted by Gasteiger charge is -2.34. The molecule has 1 aromatic carbocycles. The van der Waals surface area contributed by atoms with Gasteiger partial charge in [0, 0.05) is 25.7 Å². The van der Waals surface area contributed by atoms with Gasteiger partial charge in [-0.15, -0.1) is 0 Å². The zero-order valence-corrected chi connectivity index (χ0v) is 17.8. The maximum absolute atomic E-state index is 14.5. The highest BCUT2D eigenvalue weighted by atomic mass is 19.4. The highest BCUT2D eigenvalue weighted by Gasteiger charge is 2.32. The molecule has 4 rings (SSSR count). The molecule has 1 aliphatic heterocycles. The highest BCUT2D eigenvalue weighted by molar-refractivity contribution is 5.44. The topological polar surface area (TPSA) is 69.5 Å². The number of ether oxygens (including phenoxy) is 2. The second kappa shape index (κ2) is 8.72. The first-order valence-electron chi connectivity index (χ1n) is 10.1. The molecule has 0 saturated carbocycles. The lowest BCUT2D eigenvalue weighted by Crippen LogP contribution is -2.41. The lowest BCUT2D eigenvalue weighted by atomic mass is 10.1. The molecule has 3 heterocycles. The summed E-state index contributed by atoms with van der Waals surface area (Å²) < 4.78 is 64.7. The van der Waals surface area contributed by atoms with Crippen LogP contribution in [0.15, 0.2) is 47.4 Å². The number of anilines is 1. The summed E-state index contributed by atoms with van der Waals surface area (Å²) in [7, 11) is 1.89. The predicted octanol–water partition coefficient (Wildman–Crippen LogP) is 4.40.